The Morgan fingerprint density at radius 1 is 1.12 bits per heavy atom. The molecule has 1 fully saturated rings. The summed E-state index contributed by atoms with van der Waals surface area (Å²) >= 11 is 0. The van der Waals surface area contributed by atoms with Gasteiger partial charge in [0.25, 0.3) is 0 Å². The summed E-state index contributed by atoms with van der Waals surface area (Å²) in [6.45, 7) is 6.86. The van der Waals surface area contributed by atoms with E-state index in [1.165, 1.54) is 0 Å². The van der Waals surface area contributed by atoms with Crippen LogP contribution in [0.1, 0.15) is 43.7 Å². The smallest absolute Gasteiger partial charge is 0.163 e. The number of aromatic nitrogens is 5. The minimum atomic E-state index is 0.285. The predicted molar refractivity (Wildman–Crippen MR) is 127 cm³/mol. The molecule has 4 heterocycles. The molecule has 3 N–H and O–H groups in total. The number of para-hydroxylation sites is 1. The van der Waals surface area contributed by atoms with Crippen LogP contribution in [0.15, 0.2) is 55.0 Å². The van der Waals surface area contributed by atoms with Crippen LogP contribution in [-0.4, -0.2) is 43.5 Å². The van der Waals surface area contributed by atoms with Gasteiger partial charge in [0.15, 0.2) is 5.65 Å². The molecule has 0 atom stereocenters. The molecule has 0 spiro atoms. The van der Waals surface area contributed by atoms with Crippen molar-refractivity contribution in [2.24, 2.45) is 5.73 Å². The quantitative estimate of drug-likeness (QED) is 0.486. The number of hydrogen-bond donors (Lipinski definition) is 2. The summed E-state index contributed by atoms with van der Waals surface area (Å²) in [5, 5.41) is 12.7. The Labute approximate surface area is 188 Å². The Morgan fingerprint density at radius 2 is 1.94 bits per heavy atom. The number of nitrogens with zero attached hydrogens (tertiary/aromatic N) is 6. The number of anilines is 2. The fourth-order valence-corrected chi connectivity index (χ4v) is 4.27. The summed E-state index contributed by atoms with van der Waals surface area (Å²) in [4.78, 5) is 7.35. The molecule has 1 saturated heterocycles. The van der Waals surface area contributed by atoms with Crippen molar-refractivity contribution >= 4 is 17.3 Å². The van der Waals surface area contributed by atoms with Gasteiger partial charge in [0.2, 0.25) is 0 Å². The number of fused-ring (bicyclic) bond motifs is 1. The first-order valence-electron chi connectivity index (χ1n) is 11.3. The number of nitrogens with one attached hydrogen (secondary N) is 1. The molecule has 8 heteroatoms. The van der Waals surface area contributed by atoms with E-state index in [-0.39, 0.29) is 6.04 Å². The second-order valence-corrected chi connectivity index (χ2v) is 8.75. The van der Waals surface area contributed by atoms with Crippen LogP contribution in [0, 0.1) is 0 Å². The molecule has 4 aromatic rings. The van der Waals surface area contributed by atoms with E-state index in [4.69, 9.17) is 10.7 Å². The first-order chi connectivity index (χ1) is 15.6. The van der Waals surface area contributed by atoms with E-state index < -0.39 is 0 Å². The molecule has 0 bridgehead atoms. The minimum absolute atomic E-state index is 0.285. The van der Waals surface area contributed by atoms with Gasteiger partial charge in [-0.15, -0.1) is 0 Å². The first-order valence-corrected chi connectivity index (χ1v) is 11.3. The van der Waals surface area contributed by atoms with E-state index in [1.54, 1.807) is 6.20 Å². The van der Waals surface area contributed by atoms with Crippen LogP contribution in [0.3, 0.4) is 0 Å². The zero-order chi connectivity index (χ0) is 22.1. The van der Waals surface area contributed by atoms with Crippen LogP contribution < -0.4 is 16.0 Å². The molecule has 0 amide bonds. The molecule has 0 aliphatic carbocycles. The molecule has 0 saturated carbocycles. The van der Waals surface area contributed by atoms with Crippen molar-refractivity contribution in [1.29, 1.82) is 0 Å². The molecule has 8 nitrogen and oxygen atoms in total. The molecule has 0 radical (unpaired) electrons. The second kappa shape index (κ2) is 8.63. The van der Waals surface area contributed by atoms with Gasteiger partial charge in [0, 0.05) is 49.7 Å². The lowest BCUT2D eigenvalue weighted by molar-refractivity contribution is 0.498. The van der Waals surface area contributed by atoms with Gasteiger partial charge in [-0.2, -0.15) is 14.7 Å². The third-order valence-corrected chi connectivity index (χ3v) is 6.17. The lowest BCUT2D eigenvalue weighted by Crippen LogP contribution is -2.40. The van der Waals surface area contributed by atoms with E-state index in [2.05, 4.69) is 58.5 Å². The van der Waals surface area contributed by atoms with Crippen molar-refractivity contribution in [3.8, 4) is 5.69 Å². The maximum atomic E-state index is 6.13. The fourth-order valence-electron chi connectivity index (χ4n) is 4.27. The summed E-state index contributed by atoms with van der Waals surface area (Å²) in [7, 11) is 0. The van der Waals surface area contributed by atoms with Crippen molar-refractivity contribution in [1.82, 2.24) is 24.4 Å². The van der Waals surface area contributed by atoms with Crippen LogP contribution in [0.25, 0.3) is 11.3 Å². The van der Waals surface area contributed by atoms with Gasteiger partial charge in [-0.1, -0.05) is 32.0 Å². The lowest BCUT2D eigenvalue weighted by atomic mass is 10.1. The van der Waals surface area contributed by atoms with E-state index in [0.29, 0.717) is 12.5 Å². The van der Waals surface area contributed by atoms with E-state index in [1.807, 2.05) is 33.7 Å². The predicted octanol–water partition coefficient (Wildman–Crippen LogP) is 3.58. The summed E-state index contributed by atoms with van der Waals surface area (Å²) < 4.78 is 3.82. The average Bonchev–Trinajstić information content (AvgIpc) is 3.48. The SMILES string of the molecule is CC(C)c1cnn2c(NCc3ccccc3-n3cccn3)cc(N3CCC(N)CC3)nc12. The molecule has 1 aliphatic heterocycles. The topological polar surface area (TPSA) is 89.3 Å². The molecular weight excluding hydrogens is 400 g/mol. The van der Waals surface area contributed by atoms with Crippen molar-refractivity contribution in [3.05, 3.63) is 66.1 Å². The maximum Gasteiger partial charge on any atom is 0.163 e. The summed E-state index contributed by atoms with van der Waals surface area (Å²) in [5.41, 5.74) is 10.4. The lowest BCUT2D eigenvalue weighted by Gasteiger charge is -2.31. The van der Waals surface area contributed by atoms with E-state index in [0.717, 1.165) is 60.0 Å². The van der Waals surface area contributed by atoms with Gasteiger partial charge in [0.05, 0.1) is 11.9 Å². The molecule has 32 heavy (non-hydrogen) atoms. The summed E-state index contributed by atoms with van der Waals surface area (Å²) in [6.07, 6.45) is 7.67. The van der Waals surface area contributed by atoms with Crippen LogP contribution >= 0.6 is 0 Å². The van der Waals surface area contributed by atoms with Gasteiger partial charge in [-0.05, 0) is 36.5 Å². The van der Waals surface area contributed by atoms with Crippen LogP contribution in [0.4, 0.5) is 11.6 Å². The molecule has 1 aliphatic rings. The molecule has 0 unspecified atom stereocenters. The Morgan fingerprint density at radius 3 is 2.69 bits per heavy atom. The molecular formula is C24H30N8. The normalized spacial score (nSPS) is 15.1. The highest BCUT2D eigenvalue weighted by molar-refractivity contribution is 5.62. The number of rotatable bonds is 6. The minimum Gasteiger partial charge on any atom is -0.366 e. The van der Waals surface area contributed by atoms with Gasteiger partial charge < -0.3 is 16.0 Å². The largest absolute Gasteiger partial charge is 0.366 e. The van der Waals surface area contributed by atoms with Crippen molar-refractivity contribution < 1.29 is 0 Å². The molecule has 166 valence electrons. The zero-order valence-electron chi connectivity index (χ0n) is 18.6. The highest BCUT2D eigenvalue weighted by Gasteiger charge is 2.21. The van der Waals surface area contributed by atoms with Crippen LogP contribution in [0.5, 0.6) is 0 Å². The standard InChI is InChI=1S/C24H30N8/c1-17(2)20-16-28-32-22(14-23(29-24(20)32)30-12-8-19(25)9-13-30)26-15-18-6-3-4-7-21(18)31-11-5-10-27-31/h3-7,10-11,14,16-17,19,26H,8-9,12-13,15,25H2,1-2H3. The number of piperidine rings is 1. The molecule has 1 aromatic carbocycles. The van der Waals surface area contributed by atoms with Crippen molar-refractivity contribution in [2.45, 2.75) is 45.2 Å². The monoisotopic (exact) mass is 430 g/mol. The first kappa shape index (κ1) is 20.5. The van der Waals surface area contributed by atoms with Crippen LogP contribution in [-0.2, 0) is 6.54 Å². The highest BCUT2D eigenvalue weighted by atomic mass is 15.3. The Balaban J connectivity index is 1.50. The van der Waals surface area contributed by atoms with E-state index >= 15 is 0 Å². The molecule has 5 rings (SSSR count). The summed E-state index contributed by atoms with van der Waals surface area (Å²) in [5.74, 6) is 2.26. The number of hydrogen-bond acceptors (Lipinski definition) is 6. The average molecular weight is 431 g/mol. The Hall–Kier alpha value is -3.39. The number of benzene rings is 1. The highest BCUT2D eigenvalue weighted by Crippen LogP contribution is 2.27. The Kier molecular flexibility index (Phi) is 5.53. The van der Waals surface area contributed by atoms with Crippen molar-refractivity contribution in [3.63, 3.8) is 0 Å². The maximum absolute atomic E-state index is 6.13. The van der Waals surface area contributed by atoms with Crippen molar-refractivity contribution in [2.75, 3.05) is 23.3 Å². The summed E-state index contributed by atoms with van der Waals surface area (Å²) in [6, 6.07) is 12.6. The van der Waals surface area contributed by atoms with Crippen LogP contribution in [0.2, 0.25) is 0 Å². The van der Waals surface area contributed by atoms with Gasteiger partial charge in [-0.25, -0.2) is 9.67 Å². The van der Waals surface area contributed by atoms with Gasteiger partial charge in [0.1, 0.15) is 11.6 Å². The zero-order valence-corrected chi connectivity index (χ0v) is 18.6. The fraction of sp³-hybridized carbons (Fsp3) is 0.375. The number of nitrogens with two attached hydrogens (primary N) is 1. The van der Waals surface area contributed by atoms with Gasteiger partial charge in [-0.3, -0.25) is 0 Å². The van der Waals surface area contributed by atoms with Gasteiger partial charge >= 0.3 is 0 Å². The third kappa shape index (κ3) is 3.93. The Bertz CT molecular complexity index is 1190. The van der Waals surface area contributed by atoms with E-state index in [9.17, 15) is 0 Å². The second-order valence-electron chi connectivity index (χ2n) is 8.75. The molecule has 3 aromatic heterocycles. The third-order valence-electron chi connectivity index (χ3n) is 6.17.